The van der Waals surface area contributed by atoms with E-state index in [0.717, 1.165) is 34.4 Å². The van der Waals surface area contributed by atoms with Crippen molar-refractivity contribution in [3.05, 3.63) is 52.0 Å². The Kier molecular flexibility index (Phi) is 4.77. The predicted octanol–water partition coefficient (Wildman–Crippen LogP) is 3.64. The molecule has 1 heterocycles. The van der Waals surface area contributed by atoms with Gasteiger partial charge in [0.1, 0.15) is 5.82 Å². The van der Waals surface area contributed by atoms with Crippen molar-refractivity contribution in [3.63, 3.8) is 0 Å². The molecule has 0 aliphatic heterocycles. The molecule has 0 fully saturated rings. The molecule has 1 N–H and O–H groups in total. The second-order valence-corrected chi connectivity index (χ2v) is 5.64. The van der Waals surface area contributed by atoms with Crippen molar-refractivity contribution in [1.29, 1.82) is 0 Å². The van der Waals surface area contributed by atoms with Crippen LogP contribution in [-0.4, -0.2) is 14.7 Å². The van der Waals surface area contributed by atoms with Crippen LogP contribution in [0.3, 0.4) is 0 Å². The summed E-state index contributed by atoms with van der Waals surface area (Å²) in [5, 5.41) is 10.4. The molecule has 0 amide bonds. The summed E-state index contributed by atoms with van der Waals surface area (Å²) in [4.78, 5) is 4.34. The zero-order valence-electron chi connectivity index (χ0n) is 11.3. The Bertz CT molecular complexity index is 551. The minimum atomic E-state index is -0.535. The molecule has 19 heavy (non-hydrogen) atoms. The maximum Gasteiger partial charge on any atom is 0.111 e. The summed E-state index contributed by atoms with van der Waals surface area (Å²) < 4.78 is 3.05. The molecule has 102 valence electrons. The first kappa shape index (κ1) is 14.3. The normalized spacial score (nSPS) is 12.6. The van der Waals surface area contributed by atoms with E-state index < -0.39 is 6.10 Å². The molecule has 1 aromatic heterocycles. The number of aryl methyl sites for hydroxylation is 2. The molecule has 1 aromatic carbocycles. The van der Waals surface area contributed by atoms with Crippen LogP contribution in [-0.2, 0) is 13.0 Å². The third-order valence-electron chi connectivity index (χ3n) is 3.15. The average molecular weight is 323 g/mol. The van der Waals surface area contributed by atoms with E-state index in [4.69, 9.17) is 0 Å². The van der Waals surface area contributed by atoms with Crippen LogP contribution >= 0.6 is 15.9 Å². The van der Waals surface area contributed by atoms with Gasteiger partial charge in [-0.2, -0.15) is 0 Å². The highest BCUT2D eigenvalue weighted by Crippen LogP contribution is 2.26. The average Bonchev–Trinajstić information content (AvgIpc) is 2.80. The van der Waals surface area contributed by atoms with E-state index in [2.05, 4.69) is 32.4 Å². The Morgan fingerprint density at radius 2 is 2.21 bits per heavy atom. The van der Waals surface area contributed by atoms with Crippen molar-refractivity contribution in [1.82, 2.24) is 9.55 Å². The summed E-state index contributed by atoms with van der Waals surface area (Å²) in [6.45, 7) is 5.11. The lowest BCUT2D eigenvalue weighted by atomic mass is 10.0. The number of hydrogen-bond acceptors (Lipinski definition) is 2. The minimum Gasteiger partial charge on any atom is -0.388 e. The topological polar surface area (TPSA) is 38.0 Å². The van der Waals surface area contributed by atoms with E-state index >= 15 is 0 Å². The molecule has 2 aromatic rings. The van der Waals surface area contributed by atoms with Crippen molar-refractivity contribution in [2.75, 3.05) is 0 Å². The van der Waals surface area contributed by atoms with Crippen molar-refractivity contribution >= 4 is 15.9 Å². The highest BCUT2D eigenvalue weighted by atomic mass is 79.9. The first-order valence-electron chi connectivity index (χ1n) is 6.56. The first-order chi connectivity index (χ1) is 9.11. The largest absolute Gasteiger partial charge is 0.388 e. The maximum atomic E-state index is 10.4. The van der Waals surface area contributed by atoms with E-state index in [1.165, 1.54) is 0 Å². The van der Waals surface area contributed by atoms with E-state index in [1.807, 2.05) is 31.3 Å². The van der Waals surface area contributed by atoms with Gasteiger partial charge in [-0.1, -0.05) is 40.5 Å². The smallest absolute Gasteiger partial charge is 0.111 e. The number of aliphatic hydroxyl groups is 1. The summed E-state index contributed by atoms with van der Waals surface area (Å²) >= 11 is 3.50. The number of imidazole rings is 1. The lowest BCUT2D eigenvalue weighted by Gasteiger charge is -2.14. The lowest BCUT2D eigenvalue weighted by molar-refractivity contribution is 0.173. The third kappa shape index (κ3) is 3.45. The Balaban J connectivity index is 2.18. The molecule has 1 unspecified atom stereocenters. The predicted molar refractivity (Wildman–Crippen MR) is 80.1 cm³/mol. The van der Waals surface area contributed by atoms with Gasteiger partial charge in [-0.25, -0.2) is 4.98 Å². The number of aliphatic hydroxyl groups excluding tert-OH is 1. The van der Waals surface area contributed by atoms with Gasteiger partial charge in [0.2, 0.25) is 0 Å². The molecule has 0 spiro atoms. The maximum absolute atomic E-state index is 10.4. The van der Waals surface area contributed by atoms with Crippen molar-refractivity contribution in [2.45, 2.75) is 39.3 Å². The van der Waals surface area contributed by atoms with Crippen LogP contribution in [0.5, 0.6) is 0 Å². The van der Waals surface area contributed by atoms with E-state index in [0.29, 0.717) is 6.42 Å². The van der Waals surface area contributed by atoms with Crippen LogP contribution in [0.15, 0.2) is 35.1 Å². The van der Waals surface area contributed by atoms with Gasteiger partial charge in [0.25, 0.3) is 0 Å². The summed E-state index contributed by atoms with van der Waals surface area (Å²) in [7, 11) is 0. The van der Waals surface area contributed by atoms with Gasteiger partial charge in [0.05, 0.1) is 6.10 Å². The Labute approximate surface area is 122 Å². The van der Waals surface area contributed by atoms with Crippen molar-refractivity contribution in [2.24, 2.45) is 0 Å². The molecular formula is C15H19BrN2O. The molecule has 4 heteroatoms. The molecule has 0 radical (unpaired) electrons. The number of halogens is 1. The molecule has 0 aliphatic rings. The Morgan fingerprint density at radius 1 is 1.42 bits per heavy atom. The number of nitrogens with zero attached hydrogens (tertiary/aromatic N) is 2. The molecule has 1 atom stereocenters. The minimum absolute atomic E-state index is 0.535. The van der Waals surface area contributed by atoms with E-state index in [1.54, 1.807) is 6.20 Å². The second kappa shape index (κ2) is 6.35. The van der Waals surface area contributed by atoms with E-state index in [9.17, 15) is 5.11 Å². The van der Waals surface area contributed by atoms with Crippen LogP contribution in [0.2, 0.25) is 0 Å². The third-order valence-corrected chi connectivity index (χ3v) is 3.87. The quantitative estimate of drug-likeness (QED) is 0.912. The second-order valence-electron chi connectivity index (χ2n) is 4.78. The number of aromatic nitrogens is 2. The van der Waals surface area contributed by atoms with Crippen LogP contribution in [0, 0.1) is 6.92 Å². The van der Waals surface area contributed by atoms with Gasteiger partial charge in [0, 0.05) is 29.8 Å². The van der Waals surface area contributed by atoms with Crippen LogP contribution in [0.1, 0.15) is 36.4 Å². The fourth-order valence-electron chi connectivity index (χ4n) is 2.18. The molecule has 2 rings (SSSR count). The van der Waals surface area contributed by atoms with E-state index in [-0.39, 0.29) is 0 Å². The monoisotopic (exact) mass is 322 g/mol. The van der Waals surface area contributed by atoms with Gasteiger partial charge in [-0.15, -0.1) is 0 Å². The zero-order chi connectivity index (χ0) is 13.8. The van der Waals surface area contributed by atoms with Crippen LogP contribution in [0.4, 0.5) is 0 Å². The van der Waals surface area contributed by atoms with Gasteiger partial charge in [-0.05, 0) is 25.0 Å². The van der Waals surface area contributed by atoms with Crippen molar-refractivity contribution in [3.8, 4) is 0 Å². The van der Waals surface area contributed by atoms with Gasteiger partial charge in [-0.3, -0.25) is 0 Å². The Hall–Kier alpha value is -1.13. The summed E-state index contributed by atoms with van der Waals surface area (Å²) in [5.41, 5.74) is 2.07. The highest BCUT2D eigenvalue weighted by Gasteiger charge is 2.15. The van der Waals surface area contributed by atoms with Gasteiger partial charge < -0.3 is 9.67 Å². The van der Waals surface area contributed by atoms with Crippen molar-refractivity contribution < 1.29 is 5.11 Å². The summed E-state index contributed by atoms with van der Waals surface area (Å²) in [6.07, 6.45) is 4.83. The summed E-state index contributed by atoms with van der Waals surface area (Å²) in [6, 6.07) is 6.02. The fraction of sp³-hybridized carbons (Fsp3) is 0.400. The fourth-order valence-corrected chi connectivity index (χ4v) is 2.69. The molecule has 0 saturated heterocycles. The Morgan fingerprint density at radius 3 is 2.95 bits per heavy atom. The summed E-state index contributed by atoms with van der Waals surface area (Å²) in [5.74, 6) is 0.933. The molecule has 0 bridgehead atoms. The molecule has 0 saturated carbocycles. The lowest BCUT2D eigenvalue weighted by Crippen LogP contribution is -2.09. The van der Waals surface area contributed by atoms with Crippen LogP contribution < -0.4 is 0 Å². The first-order valence-corrected chi connectivity index (χ1v) is 7.35. The highest BCUT2D eigenvalue weighted by molar-refractivity contribution is 9.10. The number of rotatable bonds is 5. The number of benzene rings is 1. The molecule has 0 aliphatic carbocycles. The SMILES string of the molecule is CCCn1ccnc1CC(O)c1cc(C)ccc1Br. The molecular weight excluding hydrogens is 304 g/mol. The van der Waals surface area contributed by atoms with Gasteiger partial charge in [0.15, 0.2) is 0 Å². The van der Waals surface area contributed by atoms with Gasteiger partial charge >= 0.3 is 0 Å². The number of hydrogen-bond donors (Lipinski definition) is 1. The van der Waals surface area contributed by atoms with Crippen LogP contribution in [0.25, 0.3) is 0 Å². The zero-order valence-corrected chi connectivity index (χ0v) is 12.9. The molecule has 3 nitrogen and oxygen atoms in total. The standard InChI is InChI=1S/C15H19BrN2O/c1-3-7-18-8-6-17-15(18)10-14(19)12-9-11(2)4-5-13(12)16/h4-6,8-9,14,19H,3,7,10H2,1-2H3.